The summed E-state index contributed by atoms with van der Waals surface area (Å²) in [5.74, 6) is -0.993. The monoisotopic (exact) mass is 431 g/mol. The minimum atomic E-state index is -0.816. The number of anilines is 1. The Morgan fingerprint density at radius 2 is 1.77 bits per heavy atom. The Hall–Kier alpha value is -3.17. The summed E-state index contributed by atoms with van der Waals surface area (Å²) < 4.78 is 29.1. The van der Waals surface area contributed by atoms with E-state index in [1.807, 2.05) is 0 Å². The van der Waals surface area contributed by atoms with Crippen LogP contribution in [0.15, 0.2) is 42.5 Å². The van der Waals surface area contributed by atoms with Crippen molar-refractivity contribution in [3.63, 3.8) is 0 Å². The van der Waals surface area contributed by atoms with Gasteiger partial charge < -0.3 is 24.8 Å². The Kier molecular flexibility index (Phi) is 7.80. The minimum Gasteiger partial charge on any atom is -0.497 e. The highest BCUT2D eigenvalue weighted by atomic mass is 19.1. The molecule has 0 saturated carbocycles. The highest BCUT2D eigenvalue weighted by Crippen LogP contribution is 2.29. The van der Waals surface area contributed by atoms with Crippen LogP contribution in [-0.4, -0.2) is 63.8 Å². The SMILES string of the molecule is COc1ccc(NC(=O)C(=O)NCC(c2ccc(F)cc2)N2CCOCC2)c(OC)c1. The maximum Gasteiger partial charge on any atom is 0.313 e. The smallest absolute Gasteiger partial charge is 0.313 e. The highest BCUT2D eigenvalue weighted by Gasteiger charge is 2.25. The second kappa shape index (κ2) is 10.7. The van der Waals surface area contributed by atoms with Crippen LogP contribution in [0.2, 0.25) is 0 Å². The highest BCUT2D eigenvalue weighted by molar-refractivity contribution is 6.39. The van der Waals surface area contributed by atoms with Crippen molar-refractivity contribution in [2.75, 3.05) is 52.4 Å². The molecular formula is C22H26FN3O5. The van der Waals surface area contributed by atoms with E-state index in [2.05, 4.69) is 15.5 Å². The topological polar surface area (TPSA) is 89.1 Å². The Bertz CT molecular complexity index is 901. The molecule has 0 aromatic heterocycles. The second-order valence-corrected chi connectivity index (χ2v) is 6.95. The van der Waals surface area contributed by atoms with E-state index in [-0.39, 0.29) is 18.4 Å². The maximum absolute atomic E-state index is 13.4. The van der Waals surface area contributed by atoms with Crippen LogP contribution in [0.5, 0.6) is 11.5 Å². The molecule has 166 valence electrons. The van der Waals surface area contributed by atoms with Crippen molar-refractivity contribution in [1.82, 2.24) is 10.2 Å². The molecule has 1 unspecified atom stereocenters. The lowest BCUT2D eigenvalue weighted by Gasteiger charge is -2.34. The zero-order chi connectivity index (χ0) is 22.2. The number of morpholine rings is 1. The van der Waals surface area contributed by atoms with E-state index < -0.39 is 11.8 Å². The average molecular weight is 431 g/mol. The molecule has 1 aliphatic rings. The summed E-state index contributed by atoms with van der Waals surface area (Å²) >= 11 is 0. The van der Waals surface area contributed by atoms with Crippen LogP contribution in [-0.2, 0) is 14.3 Å². The van der Waals surface area contributed by atoms with E-state index in [1.165, 1.54) is 26.4 Å². The zero-order valence-electron chi connectivity index (χ0n) is 17.5. The molecule has 0 radical (unpaired) electrons. The Morgan fingerprint density at radius 1 is 1.06 bits per heavy atom. The third-order valence-electron chi connectivity index (χ3n) is 5.06. The molecule has 8 nitrogen and oxygen atoms in total. The lowest BCUT2D eigenvalue weighted by atomic mass is 10.0. The van der Waals surface area contributed by atoms with Gasteiger partial charge in [0.05, 0.1) is 39.2 Å². The fourth-order valence-electron chi connectivity index (χ4n) is 3.38. The van der Waals surface area contributed by atoms with Crippen molar-refractivity contribution in [2.45, 2.75) is 6.04 Å². The largest absolute Gasteiger partial charge is 0.497 e. The van der Waals surface area contributed by atoms with Crippen molar-refractivity contribution >= 4 is 17.5 Å². The fourth-order valence-corrected chi connectivity index (χ4v) is 3.38. The predicted octanol–water partition coefficient (Wildman–Crippen LogP) is 1.97. The Balaban J connectivity index is 1.66. The number of nitrogens with zero attached hydrogens (tertiary/aromatic N) is 1. The summed E-state index contributed by atoms with van der Waals surface area (Å²) in [7, 11) is 2.98. The number of hydrogen-bond donors (Lipinski definition) is 2. The van der Waals surface area contributed by atoms with Gasteiger partial charge in [-0.2, -0.15) is 0 Å². The van der Waals surface area contributed by atoms with Gasteiger partial charge in [0.2, 0.25) is 0 Å². The molecule has 0 aliphatic carbocycles. The average Bonchev–Trinajstić information content (AvgIpc) is 2.81. The summed E-state index contributed by atoms with van der Waals surface area (Å²) in [5, 5.41) is 5.23. The third kappa shape index (κ3) is 5.93. The minimum absolute atomic E-state index is 0.192. The van der Waals surface area contributed by atoms with Crippen molar-refractivity contribution in [2.24, 2.45) is 0 Å². The van der Waals surface area contributed by atoms with Gasteiger partial charge in [0.25, 0.3) is 0 Å². The van der Waals surface area contributed by atoms with Crippen LogP contribution in [0.3, 0.4) is 0 Å². The third-order valence-corrected chi connectivity index (χ3v) is 5.06. The van der Waals surface area contributed by atoms with Gasteiger partial charge in [-0.3, -0.25) is 14.5 Å². The van der Waals surface area contributed by atoms with Crippen molar-refractivity contribution in [3.05, 3.63) is 53.8 Å². The molecule has 2 aromatic rings. The van der Waals surface area contributed by atoms with Crippen LogP contribution >= 0.6 is 0 Å². The van der Waals surface area contributed by atoms with Crippen LogP contribution in [0.1, 0.15) is 11.6 Å². The van der Waals surface area contributed by atoms with E-state index in [0.29, 0.717) is 43.5 Å². The summed E-state index contributed by atoms with van der Waals surface area (Å²) in [6.45, 7) is 2.69. The molecule has 1 fully saturated rings. The maximum atomic E-state index is 13.4. The summed E-state index contributed by atoms with van der Waals surface area (Å²) in [4.78, 5) is 27.0. The van der Waals surface area contributed by atoms with Gasteiger partial charge in [-0.05, 0) is 29.8 Å². The van der Waals surface area contributed by atoms with Gasteiger partial charge >= 0.3 is 11.8 Å². The number of amides is 2. The first-order valence-corrected chi connectivity index (χ1v) is 9.90. The molecule has 1 saturated heterocycles. The zero-order valence-corrected chi connectivity index (χ0v) is 17.5. The Morgan fingerprint density at radius 3 is 2.42 bits per heavy atom. The summed E-state index contributed by atoms with van der Waals surface area (Å²) in [6, 6.07) is 10.8. The molecule has 31 heavy (non-hydrogen) atoms. The number of methoxy groups -OCH3 is 2. The lowest BCUT2D eigenvalue weighted by molar-refractivity contribution is -0.136. The summed E-state index contributed by atoms with van der Waals surface area (Å²) in [6.07, 6.45) is 0. The molecule has 0 spiro atoms. The standard InChI is InChI=1S/C22H26FN3O5/c1-29-17-7-8-18(20(13-17)30-2)25-22(28)21(27)24-14-19(26-9-11-31-12-10-26)15-3-5-16(23)6-4-15/h3-8,13,19H,9-12,14H2,1-2H3,(H,24,27)(H,25,28). The van der Waals surface area contributed by atoms with E-state index in [1.54, 1.807) is 30.3 Å². The molecule has 3 rings (SSSR count). The van der Waals surface area contributed by atoms with Crippen LogP contribution in [0, 0.1) is 5.82 Å². The molecule has 0 bridgehead atoms. The predicted molar refractivity (Wildman–Crippen MR) is 113 cm³/mol. The lowest BCUT2D eigenvalue weighted by Crippen LogP contribution is -2.45. The number of rotatable bonds is 7. The Labute approximate surface area is 180 Å². The van der Waals surface area contributed by atoms with E-state index in [9.17, 15) is 14.0 Å². The number of halogens is 1. The van der Waals surface area contributed by atoms with Crippen LogP contribution < -0.4 is 20.1 Å². The van der Waals surface area contributed by atoms with Crippen LogP contribution in [0.25, 0.3) is 0 Å². The molecule has 9 heteroatoms. The van der Waals surface area contributed by atoms with Gasteiger partial charge in [-0.15, -0.1) is 0 Å². The van der Waals surface area contributed by atoms with Gasteiger partial charge in [0.1, 0.15) is 17.3 Å². The number of carbonyl (C=O) groups excluding carboxylic acids is 2. The molecule has 1 atom stereocenters. The second-order valence-electron chi connectivity index (χ2n) is 6.95. The summed E-state index contributed by atoms with van der Waals surface area (Å²) in [5.41, 5.74) is 1.20. The van der Waals surface area contributed by atoms with Gasteiger partial charge in [-0.1, -0.05) is 12.1 Å². The first kappa shape index (κ1) is 22.5. The van der Waals surface area contributed by atoms with Crippen molar-refractivity contribution in [1.29, 1.82) is 0 Å². The fraction of sp³-hybridized carbons (Fsp3) is 0.364. The molecule has 2 N–H and O–H groups in total. The molecular weight excluding hydrogens is 405 g/mol. The first-order valence-electron chi connectivity index (χ1n) is 9.90. The van der Waals surface area contributed by atoms with Crippen molar-refractivity contribution in [3.8, 4) is 11.5 Å². The number of nitrogens with one attached hydrogen (secondary N) is 2. The molecule has 1 aliphatic heterocycles. The quantitative estimate of drug-likeness (QED) is 0.652. The van der Waals surface area contributed by atoms with Crippen molar-refractivity contribution < 1.29 is 28.2 Å². The van der Waals surface area contributed by atoms with Gasteiger partial charge in [-0.25, -0.2) is 4.39 Å². The molecule has 2 amide bonds. The van der Waals surface area contributed by atoms with E-state index in [0.717, 1.165) is 5.56 Å². The molecule has 1 heterocycles. The normalized spacial score (nSPS) is 15.1. The number of hydrogen-bond acceptors (Lipinski definition) is 6. The number of ether oxygens (including phenoxy) is 3. The van der Waals surface area contributed by atoms with E-state index >= 15 is 0 Å². The van der Waals surface area contributed by atoms with E-state index in [4.69, 9.17) is 14.2 Å². The van der Waals surface area contributed by atoms with Gasteiger partial charge in [0, 0.05) is 25.7 Å². The number of carbonyl (C=O) groups is 2. The molecule has 2 aromatic carbocycles. The number of benzene rings is 2. The van der Waals surface area contributed by atoms with Gasteiger partial charge in [0.15, 0.2) is 0 Å². The first-order chi connectivity index (χ1) is 15.0. The van der Waals surface area contributed by atoms with Crippen LogP contribution in [0.4, 0.5) is 10.1 Å².